The van der Waals surface area contributed by atoms with E-state index in [1.165, 1.54) is 32.3 Å². The molecular formula is C80H86Cl2F3N13O27. The van der Waals surface area contributed by atoms with Crippen molar-refractivity contribution in [3.8, 4) is 62.9 Å². The summed E-state index contributed by atoms with van der Waals surface area (Å²) >= 11 is 14.3. The largest absolute Gasteiger partial charge is 0.573 e. The molecule has 6 aromatic carbocycles. The summed E-state index contributed by atoms with van der Waals surface area (Å²) in [6.07, 6.45) is -23.6. The Morgan fingerprint density at radius 1 is 0.728 bits per heavy atom. The normalized spacial score (nSPS) is 26.0. The van der Waals surface area contributed by atoms with Gasteiger partial charge in [0, 0.05) is 59.6 Å². The van der Waals surface area contributed by atoms with Crippen LogP contribution in [0.4, 0.5) is 19.0 Å². The van der Waals surface area contributed by atoms with Crippen molar-refractivity contribution in [3.05, 3.63) is 169 Å². The van der Waals surface area contributed by atoms with Crippen molar-refractivity contribution >= 4 is 82.2 Å². The average molecular weight is 1790 g/mol. The molecule has 668 valence electrons. The van der Waals surface area contributed by atoms with Gasteiger partial charge < -0.3 is 132 Å². The van der Waals surface area contributed by atoms with Gasteiger partial charge in [-0.3, -0.25) is 53.8 Å². The smallest absolute Gasteiger partial charge is 0.508 e. The number of anilines is 1. The lowest BCUT2D eigenvalue weighted by atomic mass is 9.85. The second-order valence-electron chi connectivity index (χ2n) is 30.5. The summed E-state index contributed by atoms with van der Waals surface area (Å²) in [5, 5.41) is 136. The standard InChI is InChI=1S/C80H86Cl2F3N13O27/c1-31(2)20-44(87-5)70(110)94-60-62(104)35-9-14-48(42(81)22-35)120-50-24-37-25-51(66(50)124-77-67(65(107)64(106)52(30-99)122-77)123-55-29-79(4,68(108)32(3)119-55)88-17-19-98-18-16-54(90-78(98)118)96-97-69(109)33-6-11-39(12-7-33)125-80(83,84)85)121-49-15-10-36(23-43(49)82)63(105)61-75(115)93-59(76(116)117)41-26-38(100)27-47(102)56(41)40-21-34(8-13-46(40)101)57(72(112)95-61)92-73(113)58(37)91-71(111)45(28-53(86)103)89-74(60)114/h6-16,18,21-27,31-32,44-45,52,55,57-65,67-68,77,87-88,99-102,104-108H,17,19-20,28-30H2,1-5H3,(H2,86,103)(H,89,114)(H,91,111)(H,92,113)(H,93,115)(H,94,110)(H,95,112)(H,97,109)(H,116,117)(H,90,96,118)/t32?,44-,45-,52-,55-,57-,58?,59+,60+,61+,62+,63+,64+,65+,67+,68-,77?,79?/m0/s1. The van der Waals surface area contributed by atoms with E-state index in [4.69, 9.17) is 57.4 Å². The maximum atomic E-state index is 16.2. The molecule has 18 atom stereocenters. The first-order valence-corrected chi connectivity index (χ1v) is 39.3. The number of likely N-dealkylation sites (N-methyl/N-ethyl adjacent to an activating group) is 1. The number of halogens is 5. The number of aromatic nitrogens is 2. The number of aromatic hydroxyl groups is 3. The van der Waals surface area contributed by atoms with E-state index in [1.807, 2.05) is 0 Å². The minimum Gasteiger partial charge on any atom is -0.508 e. The molecule has 45 heteroatoms. The predicted octanol–water partition coefficient (Wildman–Crippen LogP) is 1.65. The summed E-state index contributed by atoms with van der Waals surface area (Å²) in [5.74, 6) is -18.3. The number of carbonyl (C=O) groups is 9. The molecular weight excluding hydrogens is 1700 g/mol. The van der Waals surface area contributed by atoms with Crippen molar-refractivity contribution in [2.24, 2.45) is 11.7 Å². The Hall–Kier alpha value is -12.2. The Balaban J connectivity index is 0.971. The minimum absolute atomic E-state index is 0.0912. The number of rotatable bonds is 21. The summed E-state index contributed by atoms with van der Waals surface area (Å²) in [6.45, 7) is 5.31. The molecule has 11 bridgehead atoms. The highest BCUT2D eigenvalue weighted by Crippen LogP contribution is 2.50. The van der Waals surface area contributed by atoms with Gasteiger partial charge in [-0.1, -0.05) is 55.2 Å². The number of fused-ring (bicyclic) bond motifs is 15. The summed E-state index contributed by atoms with van der Waals surface area (Å²) < 4.78 is 82.3. The molecule has 4 unspecified atom stereocenters. The lowest BCUT2D eigenvalue weighted by molar-refractivity contribution is -0.334. The van der Waals surface area contributed by atoms with Crippen LogP contribution in [0.5, 0.6) is 51.7 Å². The fourth-order valence-corrected chi connectivity index (χ4v) is 15.2. The molecule has 2 fully saturated rings. The van der Waals surface area contributed by atoms with Crippen molar-refractivity contribution in [1.82, 2.24) is 57.5 Å². The van der Waals surface area contributed by atoms with Crippen LogP contribution in [-0.2, 0) is 59.1 Å². The quantitative estimate of drug-likeness (QED) is 0.0455. The maximum Gasteiger partial charge on any atom is 0.573 e. The number of phenols is 3. The Morgan fingerprint density at radius 3 is 1.97 bits per heavy atom. The van der Waals surface area contributed by atoms with Crippen LogP contribution in [0.25, 0.3) is 11.1 Å². The number of aliphatic hydroxyl groups is 6. The molecule has 2 saturated heterocycles. The van der Waals surface area contributed by atoms with Crippen LogP contribution in [0, 0.1) is 5.92 Å². The number of hydrogen-bond acceptors (Lipinski definition) is 30. The second kappa shape index (κ2) is 38.1. The fourth-order valence-electron chi connectivity index (χ4n) is 14.8. The molecule has 7 aliphatic heterocycles. The van der Waals surface area contributed by atoms with Gasteiger partial charge >= 0.3 is 18.0 Å². The minimum atomic E-state index is -4.98. The summed E-state index contributed by atoms with van der Waals surface area (Å²) in [6, 6.07) is 3.79. The zero-order valence-electron chi connectivity index (χ0n) is 66.4. The van der Waals surface area contributed by atoms with E-state index in [0.29, 0.717) is 0 Å². The van der Waals surface area contributed by atoms with Gasteiger partial charge in [-0.15, -0.1) is 13.2 Å². The number of carboxylic acid groups (broad SMARTS) is 1. The lowest BCUT2D eigenvalue weighted by Crippen LogP contribution is -2.65. The molecule has 0 spiro atoms. The number of alkyl halides is 3. The van der Waals surface area contributed by atoms with Gasteiger partial charge in [0.2, 0.25) is 53.4 Å². The third-order valence-corrected chi connectivity index (χ3v) is 21.7. The first kappa shape index (κ1) is 92.0. The van der Waals surface area contributed by atoms with E-state index in [9.17, 15) is 97.8 Å². The first-order valence-electron chi connectivity index (χ1n) is 38.5. The number of aliphatic hydroxyl groups excluding tert-OH is 6. The van der Waals surface area contributed by atoms with E-state index in [1.54, 1.807) is 20.8 Å². The van der Waals surface area contributed by atoms with E-state index < -0.39 is 277 Å². The number of hydrazine groups is 1. The topological polar surface area (TPSA) is 602 Å². The SMILES string of the molecule is CN[C@@H](CC(C)C)C(=O)N[C@H]1C(=O)N[C@@H](CC(N)=O)C(=O)NC2C(=O)N[C@@H]3C(=O)N[C@@H](C(=O)N[C@@H](C(=O)O)c4cc(O)cc(O)c4-c4cc3ccc4O)[C@H](O)c3ccc(c(Cl)c3)Oc3cc2cc(c3OC2O[C@@H](CO)[C@@H](O)[C@@H](O)[C@H]2O[C@H]2CC(C)(NCCn3ccc(NNC(=O)c4ccc(OC(F)(F)F)cc4)nc3=O)[C@@H](O)C(C)O2)Oc2ccc(cc2Cl)[C@H]1O. The van der Waals surface area contributed by atoms with Crippen molar-refractivity contribution in [1.29, 1.82) is 0 Å². The van der Waals surface area contributed by atoms with E-state index in [2.05, 4.69) is 63.1 Å². The van der Waals surface area contributed by atoms with Gasteiger partial charge in [-0.25, -0.2) is 9.59 Å². The number of nitrogens with one attached hydrogen (secondary N) is 10. The third kappa shape index (κ3) is 20.9. The van der Waals surface area contributed by atoms with Gasteiger partial charge in [-0.2, -0.15) is 4.98 Å². The molecule has 0 radical (unpaired) electrons. The Kier molecular flexibility index (Phi) is 28.0. The molecule has 22 N–H and O–H groups in total. The fraction of sp³-hybridized carbons (Fsp3) is 0.388. The van der Waals surface area contributed by atoms with E-state index in [0.717, 1.165) is 102 Å². The van der Waals surface area contributed by atoms with Crippen LogP contribution in [0.2, 0.25) is 10.0 Å². The molecule has 8 amide bonds. The van der Waals surface area contributed by atoms with Crippen molar-refractivity contribution < 1.29 is 141 Å². The van der Waals surface area contributed by atoms with Gasteiger partial charge in [0.1, 0.15) is 95.2 Å². The van der Waals surface area contributed by atoms with E-state index in [-0.39, 0.29) is 54.4 Å². The number of ether oxygens (including phenoxy) is 7. The van der Waals surface area contributed by atoms with Gasteiger partial charge in [0.05, 0.1) is 41.3 Å². The maximum absolute atomic E-state index is 16.2. The monoisotopic (exact) mass is 1790 g/mol. The van der Waals surface area contributed by atoms with Crippen LogP contribution < -0.4 is 83.8 Å². The highest BCUT2D eigenvalue weighted by atomic mass is 35.5. The number of phenolic OH excluding ortho intramolecular Hbond substituents is 3. The second-order valence-corrected chi connectivity index (χ2v) is 31.3. The number of nitrogens with zero attached hydrogens (tertiary/aromatic N) is 2. The van der Waals surface area contributed by atoms with Gasteiger partial charge in [0.15, 0.2) is 35.8 Å². The molecule has 14 rings (SSSR count). The highest BCUT2D eigenvalue weighted by Gasteiger charge is 2.52. The number of aliphatic carboxylic acids is 1. The molecule has 40 nitrogen and oxygen atoms in total. The Labute approximate surface area is 715 Å². The number of nitrogens with two attached hydrogens (primary N) is 1. The van der Waals surface area contributed by atoms with E-state index >= 15 is 14.4 Å². The molecule has 1 aromatic heterocycles. The van der Waals surface area contributed by atoms with Crippen molar-refractivity contribution in [2.75, 3.05) is 25.6 Å². The summed E-state index contributed by atoms with van der Waals surface area (Å²) in [4.78, 5) is 148. The van der Waals surface area contributed by atoms with Gasteiger partial charge in [0.25, 0.3) is 5.91 Å². The van der Waals surface area contributed by atoms with Crippen LogP contribution in [0.3, 0.4) is 0 Å². The van der Waals surface area contributed by atoms with Crippen molar-refractivity contribution in [3.63, 3.8) is 0 Å². The average Bonchev–Trinajstić information content (AvgIpc) is 0.764. The van der Waals surface area contributed by atoms with Crippen LogP contribution in [-0.4, -0.2) is 219 Å². The molecule has 7 aromatic rings. The number of carbonyl (C=O) groups excluding carboxylic acids is 8. The molecule has 7 aliphatic rings. The Bertz CT molecular complexity index is 5370. The van der Waals surface area contributed by atoms with Crippen molar-refractivity contribution in [2.45, 2.75) is 169 Å². The molecule has 0 saturated carbocycles. The summed E-state index contributed by atoms with van der Waals surface area (Å²) in [5.41, 5.74) is 4.97. The zero-order chi connectivity index (χ0) is 90.7. The highest BCUT2D eigenvalue weighted by molar-refractivity contribution is 6.32. The predicted molar refractivity (Wildman–Crippen MR) is 426 cm³/mol. The number of benzene rings is 6. The lowest BCUT2D eigenvalue weighted by Gasteiger charge is -2.48. The number of hydrogen-bond donors (Lipinski definition) is 21. The molecule has 8 heterocycles. The first-order chi connectivity index (χ1) is 59.1. The number of amides is 8. The molecule has 0 aliphatic carbocycles. The molecule has 125 heavy (non-hydrogen) atoms. The number of primary amides is 1. The van der Waals surface area contributed by atoms with Crippen LogP contribution in [0.15, 0.2) is 120 Å². The van der Waals surface area contributed by atoms with Gasteiger partial charge in [-0.05, 0) is 140 Å². The van der Waals surface area contributed by atoms with Crippen LogP contribution >= 0.6 is 23.2 Å². The zero-order valence-corrected chi connectivity index (χ0v) is 67.9. The Morgan fingerprint density at radius 2 is 1.36 bits per heavy atom. The number of carboxylic acids is 1. The third-order valence-electron chi connectivity index (χ3n) is 21.1. The summed E-state index contributed by atoms with van der Waals surface area (Å²) in [7, 11) is 1.45. The van der Waals surface area contributed by atoms with Crippen LogP contribution in [0.1, 0.15) is 115 Å².